The highest BCUT2D eigenvalue weighted by Gasteiger charge is 2.25. The standard InChI is InChI=1S/C13H16BrNO4/c1-17-12-4-3-10-8-15(9-11(10)7-12)13(16)19-18-6-2-5-14/h3-4,7H,2,5-6,8-9H2,1H3. The molecule has 104 valence electrons. The topological polar surface area (TPSA) is 48.0 Å². The van der Waals surface area contributed by atoms with Gasteiger partial charge in [-0.05, 0) is 29.7 Å². The van der Waals surface area contributed by atoms with Crippen molar-refractivity contribution in [3.63, 3.8) is 0 Å². The summed E-state index contributed by atoms with van der Waals surface area (Å²) in [7, 11) is 1.63. The van der Waals surface area contributed by atoms with Gasteiger partial charge in [-0.3, -0.25) is 9.79 Å². The number of hydrogen-bond donors (Lipinski definition) is 0. The highest BCUT2D eigenvalue weighted by Crippen LogP contribution is 2.27. The number of nitrogens with zero attached hydrogens (tertiary/aromatic N) is 1. The zero-order valence-corrected chi connectivity index (χ0v) is 12.3. The third-order valence-electron chi connectivity index (χ3n) is 2.89. The van der Waals surface area contributed by atoms with Crippen molar-refractivity contribution < 1.29 is 19.3 Å². The van der Waals surface area contributed by atoms with E-state index in [1.807, 2.05) is 18.2 Å². The number of hydrogen-bond acceptors (Lipinski definition) is 4. The Balaban J connectivity index is 1.86. The van der Waals surface area contributed by atoms with Crippen LogP contribution in [0, 0.1) is 0 Å². The van der Waals surface area contributed by atoms with Crippen LogP contribution in [-0.4, -0.2) is 30.0 Å². The molecule has 0 radical (unpaired) electrons. The van der Waals surface area contributed by atoms with E-state index in [0.29, 0.717) is 19.7 Å². The number of carbonyl (C=O) groups is 1. The van der Waals surface area contributed by atoms with Gasteiger partial charge in [0.2, 0.25) is 0 Å². The second kappa shape index (κ2) is 6.77. The number of methoxy groups -OCH3 is 1. The van der Waals surface area contributed by atoms with E-state index >= 15 is 0 Å². The summed E-state index contributed by atoms with van der Waals surface area (Å²) in [6.45, 7) is 1.46. The lowest BCUT2D eigenvalue weighted by atomic mass is 10.1. The molecule has 19 heavy (non-hydrogen) atoms. The minimum atomic E-state index is -0.454. The number of fused-ring (bicyclic) bond motifs is 1. The molecule has 0 fully saturated rings. The zero-order chi connectivity index (χ0) is 13.7. The Labute approximate surface area is 120 Å². The van der Waals surface area contributed by atoms with Crippen molar-refractivity contribution in [1.29, 1.82) is 0 Å². The van der Waals surface area contributed by atoms with Gasteiger partial charge >= 0.3 is 6.09 Å². The van der Waals surface area contributed by atoms with Crippen molar-refractivity contribution in [3.05, 3.63) is 29.3 Å². The number of benzene rings is 1. The lowest BCUT2D eigenvalue weighted by Gasteiger charge is -2.13. The van der Waals surface area contributed by atoms with Crippen LogP contribution >= 0.6 is 15.9 Å². The fraction of sp³-hybridized carbons (Fsp3) is 0.462. The Morgan fingerprint density at radius 2 is 2.16 bits per heavy atom. The van der Waals surface area contributed by atoms with Crippen molar-refractivity contribution >= 4 is 22.0 Å². The summed E-state index contributed by atoms with van der Waals surface area (Å²) in [5, 5.41) is 0.819. The normalized spacial score (nSPS) is 13.3. The quantitative estimate of drug-likeness (QED) is 0.360. The van der Waals surface area contributed by atoms with Crippen molar-refractivity contribution in [3.8, 4) is 5.75 Å². The highest BCUT2D eigenvalue weighted by atomic mass is 79.9. The average Bonchev–Trinajstić information content (AvgIpc) is 2.86. The van der Waals surface area contributed by atoms with Crippen LogP contribution in [0.2, 0.25) is 0 Å². The third-order valence-corrected chi connectivity index (χ3v) is 3.45. The SMILES string of the molecule is COc1ccc2c(c1)CN(C(=O)OOCCCBr)C2. The molecule has 2 rings (SSSR count). The van der Waals surface area contributed by atoms with E-state index in [1.54, 1.807) is 12.0 Å². The second-order valence-corrected chi connectivity index (χ2v) is 5.00. The molecule has 0 unspecified atom stereocenters. The van der Waals surface area contributed by atoms with Gasteiger partial charge in [0.15, 0.2) is 0 Å². The minimum absolute atomic E-state index is 0.394. The maximum Gasteiger partial charge on any atom is 0.441 e. The van der Waals surface area contributed by atoms with Crippen molar-refractivity contribution in [1.82, 2.24) is 4.90 Å². The van der Waals surface area contributed by atoms with E-state index in [4.69, 9.17) is 14.5 Å². The average molecular weight is 330 g/mol. The maximum atomic E-state index is 11.8. The number of ether oxygens (including phenoxy) is 1. The number of rotatable bonds is 5. The first-order chi connectivity index (χ1) is 9.24. The third kappa shape index (κ3) is 3.61. The zero-order valence-electron chi connectivity index (χ0n) is 10.7. The molecule has 0 atom stereocenters. The highest BCUT2D eigenvalue weighted by molar-refractivity contribution is 9.09. The molecular weight excluding hydrogens is 314 g/mol. The van der Waals surface area contributed by atoms with E-state index in [2.05, 4.69) is 15.9 Å². The molecule has 0 saturated heterocycles. The Morgan fingerprint density at radius 3 is 2.89 bits per heavy atom. The predicted molar refractivity (Wildman–Crippen MR) is 73.1 cm³/mol. The van der Waals surface area contributed by atoms with Crippen LogP contribution in [0.1, 0.15) is 17.5 Å². The molecule has 5 nitrogen and oxygen atoms in total. The number of alkyl halides is 1. The van der Waals surface area contributed by atoms with Crippen molar-refractivity contribution in [2.45, 2.75) is 19.5 Å². The molecule has 0 saturated carbocycles. The van der Waals surface area contributed by atoms with Gasteiger partial charge in [0.1, 0.15) is 5.75 Å². The van der Waals surface area contributed by atoms with Crippen LogP contribution < -0.4 is 4.74 Å². The van der Waals surface area contributed by atoms with Gasteiger partial charge in [0, 0.05) is 18.4 Å². The first-order valence-electron chi connectivity index (χ1n) is 6.04. The van der Waals surface area contributed by atoms with Gasteiger partial charge in [-0.1, -0.05) is 22.0 Å². The first-order valence-corrected chi connectivity index (χ1v) is 7.17. The Kier molecular flexibility index (Phi) is 5.04. The van der Waals surface area contributed by atoms with E-state index in [1.165, 1.54) is 0 Å². The van der Waals surface area contributed by atoms with E-state index in [0.717, 1.165) is 28.6 Å². The molecule has 0 N–H and O–H groups in total. The van der Waals surface area contributed by atoms with E-state index in [9.17, 15) is 4.79 Å². The van der Waals surface area contributed by atoms with Crippen LogP contribution in [0.5, 0.6) is 5.75 Å². The number of halogens is 1. The van der Waals surface area contributed by atoms with Gasteiger partial charge in [-0.25, -0.2) is 4.79 Å². The fourth-order valence-corrected chi connectivity index (χ4v) is 2.11. The van der Waals surface area contributed by atoms with Gasteiger partial charge < -0.3 is 4.74 Å². The molecule has 1 aliphatic heterocycles. The minimum Gasteiger partial charge on any atom is -0.497 e. The van der Waals surface area contributed by atoms with Crippen molar-refractivity contribution in [2.24, 2.45) is 0 Å². The fourth-order valence-electron chi connectivity index (χ4n) is 1.89. The summed E-state index contributed by atoms with van der Waals surface area (Å²) in [5.74, 6) is 0.794. The molecule has 1 aliphatic rings. The molecule has 0 aromatic heterocycles. The summed E-state index contributed by atoms with van der Waals surface area (Å²) in [6, 6.07) is 5.79. The number of amides is 1. The largest absolute Gasteiger partial charge is 0.497 e. The summed E-state index contributed by atoms with van der Waals surface area (Å²) in [5.41, 5.74) is 2.19. The van der Waals surface area contributed by atoms with Crippen LogP contribution in [-0.2, 0) is 22.9 Å². The van der Waals surface area contributed by atoms with Crippen LogP contribution in [0.3, 0.4) is 0 Å². The molecule has 6 heteroatoms. The van der Waals surface area contributed by atoms with Gasteiger partial charge in [-0.15, -0.1) is 0 Å². The van der Waals surface area contributed by atoms with Gasteiger partial charge in [0.05, 0.1) is 13.7 Å². The Morgan fingerprint density at radius 1 is 1.37 bits per heavy atom. The molecule has 1 aromatic rings. The summed E-state index contributed by atoms with van der Waals surface area (Å²) < 4.78 is 5.16. The summed E-state index contributed by atoms with van der Waals surface area (Å²) in [4.78, 5) is 23.0. The smallest absolute Gasteiger partial charge is 0.441 e. The molecule has 0 spiro atoms. The molecule has 1 aromatic carbocycles. The molecule has 0 bridgehead atoms. The number of carbonyl (C=O) groups excluding carboxylic acids is 1. The first kappa shape index (κ1) is 14.1. The van der Waals surface area contributed by atoms with E-state index in [-0.39, 0.29) is 0 Å². The van der Waals surface area contributed by atoms with Crippen LogP contribution in [0.15, 0.2) is 18.2 Å². The predicted octanol–water partition coefficient (Wildman–Crippen LogP) is 2.86. The molecule has 1 amide bonds. The van der Waals surface area contributed by atoms with Crippen LogP contribution in [0.4, 0.5) is 4.79 Å². The lowest BCUT2D eigenvalue weighted by Crippen LogP contribution is -2.26. The molecule has 1 heterocycles. The van der Waals surface area contributed by atoms with E-state index < -0.39 is 6.09 Å². The monoisotopic (exact) mass is 329 g/mol. The summed E-state index contributed by atoms with van der Waals surface area (Å²) >= 11 is 3.27. The van der Waals surface area contributed by atoms with Gasteiger partial charge in [-0.2, -0.15) is 4.89 Å². The van der Waals surface area contributed by atoms with Crippen molar-refractivity contribution in [2.75, 3.05) is 19.0 Å². The van der Waals surface area contributed by atoms with Crippen LogP contribution in [0.25, 0.3) is 0 Å². The van der Waals surface area contributed by atoms with Gasteiger partial charge in [0.25, 0.3) is 0 Å². The molecular formula is C13H16BrNO4. The maximum absolute atomic E-state index is 11.8. The second-order valence-electron chi connectivity index (χ2n) is 4.20. The molecule has 0 aliphatic carbocycles. The Bertz CT molecular complexity index is 452. The summed E-state index contributed by atoms with van der Waals surface area (Å²) in [6.07, 6.45) is 0.342. The Hall–Kier alpha value is -1.27. The lowest BCUT2D eigenvalue weighted by molar-refractivity contribution is -0.245.